The molecule has 1 aromatic carbocycles. The van der Waals surface area contributed by atoms with Crippen LogP contribution in [0.4, 0.5) is 0 Å². The van der Waals surface area contributed by atoms with Gasteiger partial charge in [-0.1, -0.05) is 30.3 Å². The first-order valence-corrected chi connectivity index (χ1v) is 5.29. The molecule has 1 aliphatic carbocycles. The largest absolute Gasteiger partial charge is 0.498 e. The molecule has 0 radical (unpaired) electrons. The summed E-state index contributed by atoms with van der Waals surface area (Å²) < 4.78 is 5.63. The third-order valence-corrected chi connectivity index (χ3v) is 2.66. The van der Waals surface area contributed by atoms with Gasteiger partial charge in [-0.15, -0.1) is 0 Å². The lowest BCUT2D eigenvalue weighted by Crippen LogP contribution is -2.01. The van der Waals surface area contributed by atoms with E-state index >= 15 is 0 Å². The monoisotopic (exact) mass is 188 g/mol. The minimum atomic E-state index is 0.496. The summed E-state index contributed by atoms with van der Waals surface area (Å²) in [5.41, 5.74) is 1.38. The number of benzene rings is 1. The van der Waals surface area contributed by atoms with Crippen molar-refractivity contribution in [2.45, 2.75) is 25.7 Å². The Morgan fingerprint density at radius 1 is 1.29 bits per heavy atom. The second kappa shape index (κ2) is 4.32. The van der Waals surface area contributed by atoms with Gasteiger partial charge in [-0.2, -0.15) is 0 Å². The van der Waals surface area contributed by atoms with Gasteiger partial charge in [0.1, 0.15) is 0 Å². The van der Waals surface area contributed by atoms with Crippen LogP contribution in [0, 0.1) is 0 Å². The first-order chi connectivity index (χ1) is 6.92. The van der Waals surface area contributed by atoms with E-state index in [-0.39, 0.29) is 0 Å². The molecule has 0 fully saturated rings. The lowest BCUT2D eigenvalue weighted by atomic mass is 9.97. The molecule has 1 nitrogen and oxygen atoms in total. The van der Waals surface area contributed by atoms with Crippen molar-refractivity contribution >= 4 is 0 Å². The molecule has 0 heterocycles. The molecule has 1 aromatic rings. The molecule has 0 N–H and O–H groups in total. The van der Waals surface area contributed by atoms with E-state index in [1.807, 2.05) is 6.92 Å². The van der Waals surface area contributed by atoms with E-state index < -0.39 is 0 Å². The average Bonchev–Trinajstić information content (AvgIpc) is 2.68. The Hall–Kier alpha value is -1.24. The molecule has 74 valence electrons. The zero-order chi connectivity index (χ0) is 9.80. The first kappa shape index (κ1) is 9.32. The van der Waals surface area contributed by atoms with Crippen LogP contribution in [0.1, 0.15) is 31.2 Å². The van der Waals surface area contributed by atoms with Crippen molar-refractivity contribution in [1.29, 1.82) is 0 Å². The summed E-state index contributed by atoms with van der Waals surface area (Å²) in [4.78, 5) is 0. The maximum atomic E-state index is 5.63. The van der Waals surface area contributed by atoms with Gasteiger partial charge in [0.25, 0.3) is 0 Å². The molecule has 0 amide bonds. The molecule has 1 atom stereocenters. The molecule has 1 heteroatoms. The zero-order valence-corrected chi connectivity index (χ0v) is 8.57. The van der Waals surface area contributed by atoms with Gasteiger partial charge >= 0.3 is 0 Å². The van der Waals surface area contributed by atoms with Crippen LogP contribution in [0.15, 0.2) is 42.2 Å². The molecular formula is C13H16O. The molecule has 1 unspecified atom stereocenters. The maximum absolute atomic E-state index is 5.63. The molecule has 0 aliphatic heterocycles. The van der Waals surface area contributed by atoms with Gasteiger partial charge in [0.2, 0.25) is 0 Å². The lowest BCUT2D eigenvalue weighted by molar-refractivity contribution is 0.213. The van der Waals surface area contributed by atoms with Gasteiger partial charge in [0, 0.05) is 5.92 Å². The Morgan fingerprint density at radius 2 is 2.07 bits per heavy atom. The molecule has 0 spiro atoms. The minimum Gasteiger partial charge on any atom is -0.498 e. The van der Waals surface area contributed by atoms with E-state index in [9.17, 15) is 0 Å². The van der Waals surface area contributed by atoms with Crippen molar-refractivity contribution in [2.75, 3.05) is 6.61 Å². The van der Waals surface area contributed by atoms with Crippen molar-refractivity contribution in [3.05, 3.63) is 47.7 Å². The molecule has 1 aliphatic rings. The Bertz CT molecular complexity index is 313. The lowest BCUT2D eigenvalue weighted by Gasteiger charge is -2.15. The van der Waals surface area contributed by atoms with Crippen LogP contribution in [0.5, 0.6) is 0 Å². The van der Waals surface area contributed by atoms with E-state index in [1.165, 1.54) is 17.7 Å². The van der Waals surface area contributed by atoms with Crippen molar-refractivity contribution < 1.29 is 4.74 Å². The van der Waals surface area contributed by atoms with E-state index in [4.69, 9.17) is 4.74 Å². The topological polar surface area (TPSA) is 9.23 Å². The summed E-state index contributed by atoms with van der Waals surface area (Å²) >= 11 is 0. The van der Waals surface area contributed by atoms with E-state index in [1.54, 1.807) is 0 Å². The summed E-state index contributed by atoms with van der Waals surface area (Å²) in [6, 6.07) is 10.6. The standard InChI is InChI=1S/C13H16O/c1-2-14-13-10-6-9-12(13)11-7-4-3-5-8-11/h3-5,7-8,10,12H,2,6,9H2,1H3. The highest BCUT2D eigenvalue weighted by atomic mass is 16.5. The molecule has 0 aromatic heterocycles. The third-order valence-electron chi connectivity index (χ3n) is 2.66. The Labute approximate surface area is 85.4 Å². The number of hydrogen-bond donors (Lipinski definition) is 0. The summed E-state index contributed by atoms with van der Waals surface area (Å²) in [5.74, 6) is 1.66. The van der Waals surface area contributed by atoms with Crippen molar-refractivity contribution in [3.8, 4) is 0 Å². The molecule has 0 bridgehead atoms. The van der Waals surface area contributed by atoms with Crippen molar-refractivity contribution in [2.24, 2.45) is 0 Å². The van der Waals surface area contributed by atoms with Gasteiger partial charge in [-0.05, 0) is 31.4 Å². The van der Waals surface area contributed by atoms with Crippen LogP contribution in [0.25, 0.3) is 0 Å². The highest BCUT2D eigenvalue weighted by Gasteiger charge is 2.21. The molecule has 14 heavy (non-hydrogen) atoms. The average molecular weight is 188 g/mol. The molecular weight excluding hydrogens is 172 g/mol. The Kier molecular flexibility index (Phi) is 2.87. The van der Waals surface area contributed by atoms with Gasteiger partial charge in [0.05, 0.1) is 12.4 Å². The van der Waals surface area contributed by atoms with Gasteiger partial charge in [-0.25, -0.2) is 0 Å². The summed E-state index contributed by atoms with van der Waals surface area (Å²) in [6.45, 7) is 2.82. The van der Waals surface area contributed by atoms with E-state index in [0.29, 0.717) is 5.92 Å². The van der Waals surface area contributed by atoms with Crippen molar-refractivity contribution in [3.63, 3.8) is 0 Å². The smallest absolute Gasteiger partial charge is 0.0994 e. The molecule has 0 saturated heterocycles. The molecule has 0 saturated carbocycles. The fourth-order valence-corrected chi connectivity index (χ4v) is 2.02. The minimum absolute atomic E-state index is 0.496. The number of allylic oxidation sites excluding steroid dienone is 2. The predicted octanol–water partition coefficient (Wildman–Crippen LogP) is 3.48. The van der Waals surface area contributed by atoms with E-state index in [0.717, 1.165) is 13.0 Å². The normalized spacial score (nSPS) is 20.6. The number of hydrogen-bond acceptors (Lipinski definition) is 1. The van der Waals surface area contributed by atoms with E-state index in [2.05, 4.69) is 36.4 Å². The van der Waals surface area contributed by atoms with Gasteiger partial charge in [0.15, 0.2) is 0 Å². The predicted molar refractivity (Wildman–Crippen MR) is 58.1 cm³/mol. The quantitative estimate of drug-likeness (QED) is 0.705. The Morgan fingerprint density at radius 3 is 2.79 bits per heavy atom. The van der Waals surface area contributed by atoms with Crippen LogP contribution in [-0.2, 0) is 4.74 Å². The summed E-state index contributed by atoms with van der Waals surface area (Å²) in [6.07, 6.45) is 4.56. The van der Waals surface area contributed by atoms with Crippen LogP contribution < -0.4 is 0 Å². The van der Waals surface area contributed by atoms with Crippen molar-refractivity contribution in [1.82, 2.24) is 0 Å². The number of rotatable bonds is 3. The van der Waals surface area contributed by atoms with Crippen LogP contribution in [0.2, 0.25) is 0 Å². The first-order valence-electron chi connectivity index (χ1n) is 5.29. The maximum Gasteiger partial charge on any atom is 0.0994 e. The summed E-state index contributed by atoms with van der Waals surface area (Å²) in [5, 5.41) is 0. The SMILES string of the molecule is CCOC1=CCCC1c1ccccc1. The number of ether oxygens (including phenoxy) is 1. The second-order valence-corrected chi connectivity index (χ2v) is 3.58. The molecule has 2 rings (SSSR count). The Balaban J connectivity index is 2.16. The fraction of sp³-hybridized carbons (Fsp3) is 0.385. The van der Waals surface area contributed by atoms with Gasteiger partial charge in [-0.3, -0.25) is 0 Å². The second-order valence-electron chi connectivity index (χ2n) is 3.58. The fourth-order valence-electron chi connectivity index (χ4n) is 2.02. The third kappa shape index (κ3) is 1.82. The zero-order valence-electron chi connectivity index (χ0n) is 8.57. The summed E-state index contributed by atoms with van der Waals surface area (Å²) in [7, 11) is 0. The van der Waals surface area contributed by atoms with Crippen LogP contribution in [-0.4, -0.2) is 6.61 Å². The highest BCUT2D eigenvalue weighted by Crippen LogP contribution is 2.35. The highest BCUT2D eigenvalue weighted by molar-refractivity contribution is 5.29. The van der Waals surface area contributed by atoms with Crippen LogP contribution in [0.3, 0.4) is 0 Å². The van der Waals surface area contributed by atoms with Crippen LogP contribution >= 0.6 is 0 Å². The van der Waals surface area contributed by atoms with Gasteiger partial charge < -0.3 is 4.74 Å².